The third kappa shape index (κ3) is 4.02. The predicted molar refractivity (Wildman–Crippen MR) is 93.5 cm³/mol. The molecule has 2 aromatic rings. The highest BCUT2D eigenvalue weighted by Gasteiger charge is 2.24. The van der Waals surface area contributed by atoms with Crippen molar-refractivity contribution in [1.82, 2.24) is 4.90 Å². The summed E-state index contributed by atoms with van der Waals surface area (Å²) in [5.74, 6) is -0.768. The molecule has 0 bridgehead atoms. The highest BCUT2D eigenvalue weighted by Crippen LogP contribution is 2.24. The number of aliphatic carboxylic acids is 1. The van der Waals surface area contributed by atoms with Crippen LogP contribution in [0.5, 0.6) is 0 Å². The minimum atomic E-state index is -0.702. The molecule has 1 aliphatic heterocycles. The Kier molecular flexibility index (Phi) is 5.07. The zero-order valence-corrected chi connectivity index (χ0v) is 14.2. The zero-order chi connectivity index (χ0) is 17.8. The van der Waals surface area contributed by atoms with Crippen LogP contribution in [0.1, 0.15) is 29.0 Å². The summed E-state index contributed by atoms with van der Waals surface area (Å²) in [5.41, 5.74) is 2.10. The number of rotatable bonds is 5. The summed E-state index contributed by atoms with van der Waals surface area (Å²) in [7, 11) is 1.75. The molecule has 1 N–H and O–H groups in total. The van der Waals surface area contributed by atoms with E-state index in [9.17, 15) is 9.59 Å². The number of benzene rings is 1. The number of carbonyl (C=O) groups is 2. The van der Waals surface area contributed by atoms with Gasteiger partial charge in [0.15, 0.2) is 5.76 Å². The number of anilines is 1. The van der Waals surface area contributed by atoms with Gasteiger partial charge in [-0.15, -0.1) is 0 Å². The van der Waals surface area contributed by atoms with E-state index in [4.69, 9.17) is 9.52 Å². The van der Waals surface area contributed by atoms with Gasteiger partial charge in [0.2, 0.25) is 0 Å². The quantitative estimate of drug-likeness (QED) is 0.904. The molecular formula is C19H22N2O4. The second-order valence-corrected chi connectivity index (χ2v) is 6.41. The summed E-state index contributed by atoms with van der Waals surface area (Å²) < 4.78 is 5.15. The van der Waals surface area contributed by atoms with Crippen LogP contribution >= 0.6 is 0 Å². The number of furan rings is 1. The van der Waals surface area contributed by atoms with Gasteiger partial charge >= 0.3 is 5.97 Å². The van der Waals surface area contributed by atoms with Gasteiger partial charge in [0.25, 0.3) is 5.91 Å². The molecule has 0 radical (unpaired) electrons. The highest BCUT2D eigenvalue weighted by molar-refractivity contribution is 5.91. The Bertz CT molecular complexity index is 734. The molecule has 2 heterocycles. The molecule has 132 valence electrons. The standard InChI is InChI=1S/C19H22N2O4/c1-20(18(22)17-6-3-11-25-17)13-14-4-2-5-16(12-14)21-9-7-15(8-10-21)19(23)24/h2-6,11-12,15H,7-10,13H2,1H3,(H,23,24). The average molecular weight is 342 g/mol. The van der Waals surface area contributed by atoms with E-state index in [0.717, 1.165) is 24.3 Å². The van der Waals surface area contributed by atoms with Crippen LogP contribution in [0, 0.1) is 5.92 Å². The van der Waals surface area contributed by atoms with E-state index < -0.39 is 5.97 Å². The van der Waals surface area contributed by atoms with E-state index in [1.165, 1.54) is 6.26 Å². The van der Waals surface area contributed by atoms with Crippen LogP contribution in [0.2, 0.25) is 0 Å². The van der Waals surface area contributed by atoms with Crippen LogP contribution in [0.25, 0.3) is 0 Å². The third-order valence-corrected chi connectivity index (χ3v) is 4.62. The van der Waals surface area contributed by atoms with Crippen molar-refractivity contribution in [3.8, 4) is 0 Å². The minimum absolute atomic E-state index is 0.155. The molecule has 0 aliphatic carbocycles. The lowest BCUT2D eigenvalue weighted by Gasteiger charge is -2.32. The SMILES string of the molecule is CN(Cc1cccc(N2CCC(C(=O)O)CC2)c1)C(=O)c1ccco1. The maximum absolute atomic E-state index is 12.3. The molecule has 1 amide bonds. The van der Waals surface area contributed by atoms with Crippen LogP contribution in [0.15, 0.2) is 47.1 Å². The van der Waals surface area contributed by atoms with E-state index in [2.05, 4.69) is 11.0 Å². The lowest BCUT2D eigenvalue weighted by atomic mass is 9.96. The Morgan fingerprint density at radius 2 is 2.00 bits per heavy atom. The molecule has 1 aliphatic rings. The van der Waals surface area contributed by atoms with Gasteiger partial charge in [-0.2, -0.15) is 0 Å². The van der Waals surface area contributed by atoms with Gasteiger partial charge in [0.1, 0.15) is 0 Å². The number of carboxylic acids is 1. The van der Waals surface area contributed by atoms with E-state index in [0.29, 0.717) is 25.1 Å². The molecule has 0 saturated carbocycles. The Hall–Kier alpha value is -2.76. The largest absolute Gasteiger partial charge is 0.481 e. The first-order valence-electron chi connectivity index (χ1n) is 8.40. The molecule has 1 saturated heterocycles. The molecule has 6 heteroatoms. The van der Waals surface area contributed by atoms with E-state index >= 15 is 0 Å². The molecule has 3 rings (SSSR count). The van der Waals surface area contributed by atoms with Crippen molar-refractivity contribution in [1.29, 1.82) is 0 Å². The van der Waals surface area contributed by atoms with Crippen LogP contribution in [-0.2, 0) is 11.3 Å². The van der Waals surface area contributed by atoms with Crippen LogP contribution in [0.4, 0.5) is 5.69 Å². The first-order chi connectivity index (χ1) is 12.0. The Balaban J connectivity index is 1.64. The topological polar surface area (TPSA) is 74.0 Å². The molecule has 1 aromatic heterocycles. The van der Waals surface area contributed by atoms with E-state index in [1.54, 1.807) is 24.1 Å². The molecule has 6 nitrogen and oxygen atoms in total. The minimum Gasteiger partial charge on any atom is -0.481 e. The van der Waals surface area contributed by atoms with Gasteiger partial charge in [0.05, 0.1) is 12.2 Å². The fraction of sp³-hybridized carbons (Fsp3) is 0.368. The van der Waals surface area contributed by atoms with Crippen molar-refractivity contribution in [3.05, 3.63) is 54.0 Å². The van der Waals surface area contributed by atoms with Crippen molar-refractivity contribution in [3.63, 3.8) is 0 Å². The van der Waals surface area contributed by atoms with Gasteiger partial charge < -0.3 is 19.3 Å². The van der Waals surface area contributed by atoms with Crippen molar-refractivity contribution in [2.24, 2.45) is 5.92 Å². The molecule has 25 heavy (non-hydrogen) atoms. The summed E-state index contributed by atoms with van der Waals surface area (Å²) in [6.07, 6.45) is 2.81. The van der Waals surface area contributed by atoms with Crippen molar-refractivity contribution in [2.75, 3.05) is 25.0 Å². The second kappa shape index (κ2) is 7.42. The summed E-state index contributed by atoms with van der Waals surface area (Å²) >= 11 is 0. The van der Waals surface area contributed by atoms with Crippen LogP contribution in [0.3, 0.4) is 0 Å². The zero-order valence-electron chi connectivity index (χ0n) is 14.2. The highest BCUT2D eigenvalue weighted by atomic mass is 16.4. The first-order valence-corrected chi connectivity index (χ1v) is 8.40. The Labute approximate surface area is 146 Å². The van der Waals surface area contributed by atoms with Gasteiger partial charge in [0, 0.05) is 32.4 Å². The number of piperidine rings is 1. The van der Waals surface area contributed by atoms with Crippen molar-refractivity contribution in [2.45, 2.75) is 19.4 Å². The summed E-state index contributed by atoms with van der Waals surface area (Å²) in [6, 6.07) is 11.4. The fourth-order valence-electron chi connectivity index (χ4n) is 3.17. The second-order valence-electron chi connectivity index (χ2n) is 6.41. The summed E-state index contributed by atoms with van der Waals surface area (Å²) in [4.78, 5) is 27.2. The van der Waals surface area contributed by atoms with Gasteiger partial charge in [-0.05, 0) is 42.7 Å². The average Bonchev–Trinajstić information content (AvgIpc) is 3.16. The first kappa shape index (κ1) is 17.1. The molecule has 0 spiro atoms. The molecular weight excluding hydrogens is 320 g/mol. The third-order valence-electron chi connectivity index (χ3n) is 4.62. The van der Waals surface area contributed by atoms with Crippen LogP contribution < -0.4 is 4.90 Å². The fourth-order valence-corrected chi connectivity index (χ4v) is 3.17. The lowest BCUT2D eigenvalue weighted by Crippen LogP contribution is -2.36. The predicted octanol–water partition coefficient (Wildman–Crippen LogP) is 2.85. The smallest absolute Gasteiger partial charge is 0.306 e. The van der Waals surface area contributed by atoms with Gasteiger partial charge in [-0.3, -0.25) is 9.59 Å². The molecule has 0 atom stereocenters. The summed E-state index contributed by atoms with van der Waals surface area (Å²) in [6.45, 7) is 1.96. The Morgan fingerprint density at radius 1 is 1.24 bits per heavy atom. The lowest BCUT2D eigenvalue weighted by molar-refractivity contribution is -0.142. The molecule has 0 unspecified atom stereocenters. The number of carboxylic acid groups (broad SMARTS) is 1. The van der Waals surface area contributed by atoms with Gasteiger partial charge in [-0.25, -0.2) is 0 Å². The van der Waals surface area contributed by atoms with E-state index in [1.807, 2.05) is 18.2 Å². The maximum atomic E-state index is 12.3. The van der Waals surface area contributed by atoms with E-state index in [-0.39, 0.29) is 11.8 Å². The number of amides is 1. The monoisotopic (exact) mass is 342 g/mol. The molecule has 1 aromatic carbocycles. The van der Waals surface area contributed by atoms with Crippen molar-refractivity contribution >= 4 is 17.6 Å². The number of nitrogens with zero attached hydrogens (tertiary/aromatic N) is 2. The Morgan fingerprint density at radius 3 is 2.64 bits per heavy atom. The maximum Gasteiger partial charge on any atom is 0.306 e. The number of hydrogen-bond donors (Lipinski definition) is 1. The number of hydrogen-bond acceptors (Lipinski definition) is 4. The molecule has 1 fully saturated rings. The van der Waals surface area contributed by atoms with Crippen molar-refractivity contribution < 1.29 is 19.1 Å². The van der Waals surface area contributed by atoms with Gasteiger partial charge in [-0.1, -0.05) is 12.1 Å². The summed E-state index contributed by atoms with van der Waals surface area (Å²) in [5, 5.41) is 9.11. The number of carbonyl (C=O) groups excluding carboxylic acids is 1. The van der Waals surface area contributed by atoms with Crippen LogP contribution in [-0.4, -0.2) is 42.0 Å². The normalized spacial score (nSPS) is 15.2.